The van der Waals surface area contributed by atoms with E-state index < -0.39 is 0 Å². The fourth-order valence-electron chi connectivity index (χ4n) is 1.51. The van der Waals surface area contributed by atoms with Crippen LogP contribution >= 0.6 is 35.0 Å². The predicted molar refractivity (Wildman–Crippen MR) is 77.8 cm³/mol. The van der Waals surface area contributed by atoms with Crippen LogP contribution in [-0.4, -0.2) is 35.7 Å². The molecule has 1 rings (SSSR count). The van der Waals surface area contributed by atoms with Gasteiger partial charge in [0.15, 0.2) is 0 Å². The molecule has 0 bridgehead atoms. The van der Waals surface area contributed by atoms with Crippen LogP contribution in [0.25, 0.3) is 0 Å². The van der Waals surface area contributed by atoms with Gasteiger partial charge in [-0.1, -0.05) is 23.2 Å². The molecule has 0 saturated carbocycles. The zero-order chi connectivity index (χ0) is 13.5. The number of aliphatic hydroxyl groups is 1. The molecule has 1 aromatic rings. The molecule has 0 aliphatic rings. The van der Waals surface area contributed by atoms with Gasteiger partial charge in [-0.3, -0.25) is 4.79 Å². The molecule has 0 heterocycles. The quantitative estimate of drug-likeness (QED) is 0.849. The molecule has 1 amide bonds. The van der Waals surface area contributed by atoms with Crippen molar-refractivity contribution >= 4 is 40.9 Å². The van der Waals surface area contributed by atoms with Gasteiger partial charge in [0.05, 0.1) is 0 Å². The van der Waals surface area contributed by atoms with Crippen LogP contribution < -0.4 is 5.32 Å². The summed E-state index contributed by atoms with van der Waals surface area (Å²) in [4.78, 5) is 12.0. The van der Waals surface area contributed by atoms with Crippen molar-refractivity contribution in [1.82, 2.24) is 5.32 Å². The van der Waals surface area contributed by atoms with Crippen LogP contribution in [0.1, 0.15) is 16.8 Å². The molecule has 0 radical (unpaired) electrons. The summed E-state index contributed by atoms with van der Waals surface area (Å²) in [5.41, 5.74) is 0.427. The van der Waals surface area contributed by atoms with Crippen molar-refractivity contribution in [2.45, 2.75) is 12.5 Å². The lowest BCUT2D eigenvalue weighted by Gasteiger charge is -2.16. The highest BCUT2D eigenvalue weighted by Gasteiger charge is 2.13. The standard InChI is InChI=1S/C12H15Cl2NO2S/c1-18-7-11(2-3-16)15-12(17)8-4-9(13)6-10(14)5-8/h4-6,11,16H,2-3,7H2,1H3,(H,15,17). The highest BCUT2D eigenvalue weighted by Crippen LogP contribution is 2.19. The summed E-state index contributed by atoms with van der Waals surface area (Å²) in [5.74, 6) is 0.521. The monoisotopic (exact) mass is 307 g/mol. The molecule has 3 nitrogen and oxygen atoms in total. The van der Waals surface area contributed by atoms with Gasteiger partial charge in [-0.25, -0.2) is 0 Å². The largest absolute Gasteiger partial charge is 0.396 e. The van der Waals surface area contributed by atoms with Crippen molar-refractivity contribution in [3.8, 4) is 0 Å². The fourth-order valence-corrected chi connectivity index (χ4v) is 2.69. The Morgan fingerprint density at radius 2 is 2.00 bits per heavy atom. The summed E-state index contributed by atoms with van der Waals surface area (Å²) in [7, 11) is 0. The minimum absolute atomic E-state index is 0.0435. The number of carbonyl (C=O) groups is 1. The zero-order valence-corrected chi connectivity index (χ0v) is 12.3. The van der Waals surface area contributed by atoms with Crippen LogP contribution in [0.3, 0.4) is 0 Å². The molecule has 0 saturated heterocycles. The third-order valence-electron chi connectivity index (χ3n) is 2.31. The number of rotatable bonds is 6. The average Bonchev–Trinajstić information content (AvgIpc) is 2.28. The van der Waals surface area contributed by atoms with E-state index >= 15 is 0 Å². The molecule has 100 valence electrons. The molecule has 2 N–H and O–H groups in total. The van der Waals surface area contributed by atoms with E-state index in [2.05, 4.69) is 5.32 Å². The Morgan fingerprint density at radius 3 is 2.50 bits per heavy atom. The Balaban J connectivity index is 2.73. The van der Waals surface area contributed by atoms with Crippen LogP contribution in [0.5, 0.6) is 0 Å². The number of carbonyl (C=O) groups excluding carboxylic acids is 1. The number of benzene rings is 1. The Hall–Kier alpha value is -0.420. The molecule has 6 heteroatoms. The maximum absolute atomic E-state index is 12.0. The maximum Gasteiger partial charge on any atom is 0.251 e. The molecule has 18 heavy (non-hydrogen) atoms. The second-order valence-corrected chi connectivity index (χ2v) is 5.58. The number of thioether (sulfide) groups is 1. The molecule has 0 fully saturated rings. The van der Waals surface area contributed by atoms with Crippen LogP contribution in [-0.2, 0) is 0 Å². The summed E-state index contributed by atoms with van der Waals surface area (Å²) in [6.45, 7) is 0.0435. The van der Waals surface area contributed by atoms with Crippen molar-refractivity contribution in [2.24, 2.45) is 0 Å². The first-order chi connectivity index (χ1) is 8.56. The van der Waals surface area contributed by atoms with Gasteiger partial charge in [-0.15, -0.1) is 0 Å². The Kier molecular flexibility index (Phi) is 6.86. The fraction of sp³-hybridized carbons (Fsp3) is 0.417. The van der Waals surface area contributed by atoms with Gasteiger partial charge in [0.2, 0.25) is 0 Å². The third-order valence-corrected chi connectivity index (χ3v) is 3.48. The molecule has 0 spiro atoms. The SMILES string of the molecule is CSCC(CCO)NC(=O)c1cc(Cl)cc(Cl)c1. The second-order valence-electron chi connectivity index (χ2n) is 3.80. The van der Waals surface area contributed by atoms with Gasteiger partial charge >= 0.3 is 0 Å². The smallest absolute Gasteiger partial charge is 0.251 e. The van der Waals surface area contributed by atoms with Crippen molar-refractivity contribution in [1.29, 1.82) is 0 Å². The van der Waals surface area contributed by atoms with Crippen molar-refractivity contribution < 1.29 is 9.90 Å². The molecule has 0 aliphatic carbocycles. The van der Waals surface area contributed by atoms with Gasteiger partial charge in [0, 0.05) is 34.0 Å². The minimum Gasteiger partial charge on any atom is -0.396 e. The maximum atomic E-state index is 12.0. The predicted octanol–water partition coefficient (Wildman–Crippen LogP) is 2.84. The Bertz CT molecular complexity index is 389. The van der Waals surface area contributed by atoms with E-state index in [0.717, 1.165) is 5.75 Å². The van der Waals surface area contributed by atoms with E-state index in [1.54, 1.807) is 30.0 Å². The average molecular weight is 308 g/mol. The summed E-state index contributed by atoms with van der Waals surface area (Å²) in [6, 6.07) is 4.65. The van der Waals surface area contributed by atoms with Crippen LogP contribution in [0, 0.1) is 0 Å². The van der Waals surface area contributed by atoms with Crippen molar-refractivity contribution in [3.05, 3.63) is 33.8 Å². The van der Waals surface area contributed by atoms with Gasteiger partial charge in [-0.05, 0) is 30.9 Å². The molecule has 1 unspecified atom stereocenters. The lowest BCUT2D eigenvalue weighted by molar-refractivity contribution is 0.0935. The molecule has 1 aromatic carbocycles. The van der Waals surface area contributed by atoms with Crippen LogP contribution in [0.2, 0.25) is 10.0 Å². The van der Waals surface area contributed by atoms with Gasteiger partial charge < -0.3 is 10.4 Å². The number of aliphatic hydroxyl groups excluding tert-OH is 1. The first-order valence-corrected chi connectivity index (χ1v) is 7.58. The van der Waals surface area contributed by atoms with Gasteiger partial charge in [0.25, 0.3) is 5.91 Å². The van der Waals surface area contributed by atoms with Crippen LogP contribution in [0.4, 0.5) is 0 Å². The van der Waals surface area contributed by atoms with Crippen LogP contribution in [0.15, 0.2) is 18.2 Å². The minimum atomic E-state index is -0.230. The Labute approximate surface area is 121 Å². The van der Waals surface area contributed by atoms with E-state index in [1.165, 1.54) is 0 Å². The number of halogens is 2. The van der Waals surface area contributed by atoms with Gasteiger partial charge in [-0.2, -0.15) is 11.8 Å². The van der Waals surface area contributed by atoms with Gasteiger partial charge in [0.1, 0.15) is 0 Å². The topological polar surface area (TPSA) is 49.3 Å². The van der Waals surface area contributed by atoms with E-state index in [4.69, 9.17) is 28.3 Å². The normalized spacial score (nSPS) is 12.2. The summed E-state index contributed by atoms with van der Waals surface area (Å²) in [5, 5.41) is 12.6. The van der Waals surface area contributed by atoms with E-state index in [-0.39, 0.29) is 18.6 Å². The number of hydrogen-bond donors (Lipinski definition) is 2. The lowest BCUT2D eigenvalue weighted by atomic mass is 10.2. The molecule has 0 aromatic heterocycles. The summed E-state index contributed by atoms with van der Waals surface area (Å²) < 4.78 is 0. The van der Waals surface area contributed by atoms with E-state index in [0.29, 0.717) is 22.0 Å². The molecule has 0 aliphatic heterocycles. The number of nitrogens with one attached hydrogen (secondary N) is 1. The number of hydrogen-bond acceptors (Lipinski definition) is 3. The summed E-state index contributed by atoms with van der Waals surface area (Å²) >= 11 is 13.3. The molecule has 1 atom stereocenters. The lowest BCUT2D eigenvalue weighted by Crippen LogP contribution is -2.37. The first-order valence-electron chi connectivity index (χ1n) is 5.43. The molecular weight excluding hydrogens is 293 g/mol. The number of amides is 1. The zero-order valence-electron chi connectivity index (χ0n) is 9.95. The highest BCUT2D eigenvalue weighted by atomic mass is 35.5. The first kappa shape index (κ1) is 15.6. The van der Waals surface area contributed by atoms with Crippen molar-refractivity contribution in [2.75, 3.05) is 18.6 Å². The Morgan fingerprint density at radius 1 is 1.39 bits per heavy atom. The summed E-state index contributed by atoms with van der Waals surface area (Å²) in [6.07, 6.45) is 2.48. The van der Waals surface area contributed by atoms with E-state index in [1.807, 2.05) is 6.26 Å². The van der Waals surface area contributed by atoms with Crippen molar-refractivity contribution in [3.63, 3.8) is 0 Å². The molecular formula is C12H15Cl2NO2S. The third kappa shape index (κ3) is 5.06. The highest BCUT2D eigenvalue weighted by molar-refractivity contribution is 7.98. The van der Waals surface area contributed by atoms with E-state index in [9.17, 15) is 4.79 Å². The second kappa shape index (κ2) is 7.89.